The fourth-order valence-electron chi connectivity index (χ4n) is 1.73. The van der Waals surface area contributed by atoms with E-state index >= 15 is 0 Å². The summed E-state index contributed by atoms with van der Waals surface area (Å²) in [5.74, 6) is 1.16. The van der Waals surface area contributed by atoms with Gasteiger partial charge in [0.25, 0.3) is 0 Å². The maximum Gasteiger partial charge on any atom is 0.161 e. The van der Waals surface area contributed by atoms with Gasteiger partial charge in [-0.05, 0) is 35.9 Å². The second-order valence-electron chi connectivity index (χ2n) is 4.14. The van der Waals surface area contributed by atoms with Gasteiger partial charge in [-0.3, -0.25) is 0 Å². The summed E-state index contributed by atoms with van der Waals surface area (Å²) < 4.78 is 24.1. The zero-order valence-corrected chi connectivity index (χ0v) is 12.3. The average molecular weight is 315 g/mol. The van der Waals surface area contributed by atoms with Gasteiger partial charge in [-0.1, -0.05) is 17.7 Å². The molecule has 2 rings (SSSR count). The molecule has 0 saturated carbocycles. The van der Waals surface area contributed by atoms with Crippen LogP contribution in [0.2, 0.25) is 5.02 Å². The number of hydrogen-bond acceptors (Lipinski definition) is 2. The molecule has 0 aromatic heterocycles. The van der Waals surface area contributed by atoms with E-state index in [0.29, 0.717) is 28.0 Å². The van der Waals surface area contributed by atoms with Gasteiger partial charge in [0.15, 0.2) is 11.5 Å². The van der Waals surface area contributed by atoms with Crippen molar-refractivity contribution in [2.75, 3.05) is 7.11 Å². The van der Waals surface area contributed by atoms with Crippen LogP contribution in [0.3, 0.4) is 0 Å². The van der Waals surface area contributed by atoms with Crippen LogP contribution in [-0.4, -0.2) is 7.11 Å². The summed E-state index contributed by atoms with van der Waals surface area (Å²) in [6.45, 7) is 0.151. The molecule has 0 heterocycles. The summed E-state index contributed by atoms with van der Waals surface area (Å²) in [7, 11) is 1.55. The van der Waals surface area contributed by atoms with Crippen LogP contribution in [0.4, 0.5) is 4.39 Å². The predicted octanol–water partition coefficient (Wildman–Crippen LogP) is 4.81. The van der Waals surface area contributed by atoms with Crippen LogP contribution in [0.5, 0.6) is 11.5 Å². The third-order valence-electron chi connectivity index (χ3n) is 2.77. The van der Waals surface area contributed by atoms with Gasteiger partial charge in [-0.15, -0.1) is 11.6 Å². The SMILES string of the molecule is COc1ccc(CCl)cc1OCc1cc(F)ccc1Cl. The van der Waals surface area contributed by atoms with Crippen molar-refractivity contribution >= 4 is 23.2 Å². The minimum atomic E-state index is -0.352. The Morgan fingerprint density at radius 2 is 1.90 bits per heavy atom. The van der Waals surface area contributed by atoms with Crippen molar-refractivity contribution in [3.63, 3.8) is 0 Å². The molecule has 20 heavy (non-hydrogen) atoms. The first-order chi connectivity index (χ1) is 9.63. The third kappa shape index (κ3) is 3.56. The van der Waals surface area contributed by atoms with Crippen LogP contribution in [-0.2, 0) is 12.5 Å². The molecule has 0 bridgehead atoms. The number of alkyl halides is 1. The molecule has 0 saturated heterocycles. The number of halogens is 3. The zero-order chi connectivity index (χ0) is 14.5. The van der Waals surface area contributed by atoms with Crippen LogP contribution in [0, 0.1) is 5.82 Å². The molecule has 0 atom stereocenters. The van der Waals surface area contributed by atoms with Crippen LogP contribution < -0.4 is 9.47 Å². The second kappa shape index (κ2) is 6.82. The van der Waals surface area contributed by atoms with Crippen LogP contribution in [0.15, 0.2) is 36.4 Å². The molecule has 0 radical (unpaired) electrons. The van der Waals surface area contributed by atoms with E-state index in [9.17, 15) is 4.39 Å². The minimum Gasteiger partial charge on any atom is -0.493 e. The molecule has 0 unspecified atom stereocenters. The van der Waals surface area contributed by atoms with E-state index in [1.807, 2.05) is 6.07 Å². The molecule has 106 valence electrons. The first-order valence-electron chi connectivity index (χ1n) is 5.93. The van der Waals surface area contributed by atoms with E-state index in [2.05, 4.69) is 0 Å². The van der Waals surface area contributed by atoms with E-state index in [1.165, 1.54) is 18.2 Å². The summed E-state index contributed by atoms with van der Waals surface area (Å²) in [5.41, 5.74) is 1.48. The summed E-state index contributed by atoms with van der Waals surface area (Å²) in [4.78, 5) is 0. The molecule has 0 amide bonds. The number of ether oxygens (including phenoxy) is 2. The Bertz CT molecular complexity index is 602. The Kier molecular flexibility index (Phi) is 5.10. The molecule has 0 spiro atoms. The Morgan fingerprint density at radius 3 is 2.60 bits per heavy atom. The van der Waals surface area contributed by atoms with Crippen molar-refractivity contribution in [1.82, 2.24) is 0 Å². The molecule has 0 aliphatic rings. The predicted molar refractivity (Wildman–Crippen MR) is 78.3 cm³/mol. The normalized spacial score (nSPS) is 10.4. The quantitative estimate of drug-likeness (QED) is 0.738. The lowest BCUT2D eigenvalue weighted by molar-refractivity contribution is 0.284. The third-order valence-corrected chi connectivity index (χ3v) is 3.45. The van der Waals surface area contributed by atoms with Crippen LogP contribution in [0.1, 0.15) is 11.1 Å². The second-order valence-corrected chi connectivity index (χ2v) is 4.82. The zero-order valence-electron chi connectivity index (χ0n) is 10.8. The lowest BCUT2D eigenvalue weighted by atomic mass is 10.2. The monoisotopic (exact) mass is 314 g/mol. The first kappa shape index (κ1) is 14.9. The molecule has 0 fully saturated rings. The van der Waals surface area contributed by atoms with Gasteiger partial charge < -0.3 is 9.47 Å². The summed E-state index contributed by atoms with van der Waals surface area (Å²) in [6, 6.07) is 9.58. The van der Waals surface area contributed by atoms with Crippen molar-refractivity contribution < 1.29 is 13.9 Å². The number of hydrogen-bond donors (Lipinski definition) is 0. The van der Waals surface area contributed by atoms with Gasteiger partial charge in [0.05, 0.1) is 7.11 Å². The van der Waals surface area contributed by atoms with Crippen LogP contribution >= 0.6 is 23.2 Å². The molecular formula is C15H13Cl2FO2. The molecule has 2 aromatic carbocycles. The molecular weight excluding hydrogens is 302 g/mol. The van der Waals surface area contributed by atoms with Gasteiger partial charge >= 0.3 is 0 Å². The highest BCUT2D eigenvalue weighted by Gasteiger charge is 2.08. The highest BCUT2D eigenvalue weighted by Crippen LogP contribution is 2.30. The van der Waals surface area contributed by atoms with Gasteiger partial charge in [-0.2, -0.15) is 0 Å². The summed E-state index contributed by atoms with van der Waals surface area (Å²) in [5, 5.41) is 0.457. The topological polar surface area (TPSA) is 18.5 Å². The fraction of sp³-hybridized carbons (Fsp3) is 0.200. The van der Waals surface area contributed by atoms with Crippen molar-refractivity contribution in [3.8, 4) is 11.5 Å². The molecule has 0 N–H and O–H groups in total. The van der Waals surface area contributed by atoms with Crippen molar-refractivity contribution in [1.29, 1.82) is 0 Å². The maximum absolute atomic E-state index is 13.2. The maximum atomic E-state index is 13.2. The highest BCUT2D eigenvalue weighted by molar-refractivity contribution is 6.31. The summed E-state index contributed by atoms with van der Waals surface area (Å²) in [6.07, 6.45) is 0. The number of benzene rings is 2. The first-order valence-corrected chi connectivity index (χ1v) is 6.85. The lowest BCUT2D eigenvalue weighted by Crippen LogP contribution is -1.99. The molecule has 0 aliphatic heterocycles. The molecule has 5 heteroatoms. The molecule has 0 aliphatic carbocycles. The van der Waals surface area contributed by atoms with E-state index in [0.717, 1.165) is 5.56 Å². The van der Waals surface area contributed by atoms with Gasteiger partial charge in [0, 0.05) is 16.5 Å². The Morgan fingerprint density at radius 1 is 1.10 bits per heavy atom. The number of rotatable bonds is 5. The molecule has 2 aromatic rings. The van der Waals surface area contributed by atoms with Gasteiger partial charge in [0.2, 0.25) is 0 Å². The standard InChI is InChI=1S/C15H13Cl2FO2/c1-19-14-5-2-10(8-16)6-15(14)20-9-11-7-12(18)3-4-13(11)17/h2-7H,8-9H2,1H3. The summed E-state index contributed by atoms with van der Waals surface area (Å²) >= 11 is 11.8. The number of methoxy groups -OCH3 is 1. The van der Waals surface area contributed by atoms with Crippen molar-refractivity contribution in [2.24, 2.45) is 0 Å². The molecule has 2 nitrogen and oxygen atoms in total. The highest BCUT2D eigenvalue weighted by atomic mass is 35.5. The smallest absolute Gasteiger partial charge is 0.161 e. The van der Waals surface area contributed by atoms with E-state index in [-0.39, 0.29) is 12.4 Å². The van der Waals surface area contributed by atoms with Crippen LogP contribution in [0.25, 0.3) is 0 Å². The van der Waals surface area contributed by atoms with E-state index in [4.69, 9.17) is 32.7 Å². The van der Waals surface area contributed by atoms with Crippen molar-refractivity contribution in [3.05, 3.63) is 58.4 Å². The Labute approximate surface area is 127 Å². The average Bonchev–Trinajstić information content (AvgIpc) is 2.47. The van der Waals surface area contributed by atoms with Crippen molar-refractivity contribution in [2.45, 2.75) is 12.5 Å². The fourth-order valence-corrected chi connectivity index (χ4v) is 2.06. The van der Waals surface area contributed by atoms with E-state index in [1.54, 1.807) is 19.2 Å². The Balaban J connectivity index is 2.19. The Hall–Kier alpha value is -1.45. The van der Waals surface area contributed by atoms with Gasteiger partial charge in [0.1, 0.15) is 12.4 Å². The minimum absolute atomic E-state index is 0.151. The van der Waals surface area contributed by atoms with E-state index < -0.39 is 0 Å². The van der Waals surface area contributed by atoms with Gasteiger partial charge in [-0.25, -0.2) is 4.39 Å². The largest absolute Gasteiger partial charge is 0.493 e. The lowest BCUT2D eigenvalue weighted by Gasteiger charge is -2.12.